The van der Waals surface area contributed by atoms with Crippen LogP contribution in [0.15, 0.2) is 4.99 Å². The highest BCUT2D eigenvalue weighted by atomic mass is 15.5. The van der Waals surface area contributed by atoms with Crippen molar-refractivity contribution in [3.63, 3.8) is 0 Å². The average molecular weight is 366 g/mol. The molecule has 0 amide bonds. The molecule has 0 saturated carbocycles. The number of nitrogens with two attached hydrogens (primary N) is 1. The van der Waals surface area contributed by atoms with E-state index in [1.54, 1.807) is 0 Å². The van der Waals surface area contributed by atoms with E-state index in [4.69, 9.17) is 10.8 Å². The van der Waals surface area contributed by atoms with Gasteiger partial charge in [0.05, 0.1) is 12.6 Å². The van der Waals surface area contributed by atoms with Crippen molar-refractivity contribution >= 4 is 5.84 Å². The van der Waals surface area contributed by atoms with E-state index in [0.29, 0.717) is 6.04 Å². The highest BCUT2D eigenvalue weighted by Gasteiger charge is 2.20. The molecule has 1 aliphatic rings. The molecule has 0 aromatic heterocycles. The number of hydrogen-bond donors (Lipinski definition) is 1. The van der Waals surface area contributed by atoms with Gasteiger partial charge in [-0.2, -0.15) is 0 Å². The van der Waals surface area contributed by atoms with Crippen LogP contribution in [0, 0.1) is 0 Å². The van der Waals surface area contributed by atoms with Crippen molar-refractivity contribution in [1.29, 1.82) is 0 Å². The second-order valence-corrected chi connectivity index (χ2v) is 8.31. The van der Waals surface area contributed by atoms with Crippen LogP contribution in [0.3, 0.4) is 0 Å². The number of nitrogens with zero attached hydrogens (tertiary/aromatic N) is 2. The number of aliphatic imine (C=N–C) groups is 1. The van der Waals surface area contributed by atoms with Crippen LogP contribution in [-0.4, -0.2) is 23.4 Å². The molecule has 1 unspecified atom stereocenters. The summed E-state index contributed by atoms with van der Waals surface area (Å²) in [4.78, 5) is 4.71. The third-order valence-electron chi connectivity index (χ3n) is 5.80. The molecule has 0 saturated heterocycles. The molecule has 0 fully saturated rings. The number of hydrogen-bond acceptors (Lipinski definition) is 3. The molecule has 1 aliphatic heterocycles. The summed E-state index contributed by atoms with van der Waals surface area (Å²) in [6.07, 6.45) is 24.9. The maximum atomic E-state index is 6.01. The van der Waals surface area contributed by atoms with Crippen LogP contribution >= 0.6 is 0 Å². The van der Waals surface area contributed by atoms with E-state index in [1.807, 2.05) is 5.01 Å². The minimum atomic E-state index is 0.441. The van der Waals surface area contributed by atoms with Gasteiger partial charge in [0.15, 0.2) is 0 Å². The largest absolute Gasteiger partial charge is 0.297 e. The Labute approximate surface area is 164 Å². The lowest BCUT2D eigenvalue weighted by Crippen LogP contribution is -2.35. The molecule has 0 spiro atoms. The average Bonchev–Trinajstić information content (AvgIpc) is 3.01. The monoisotopic (exact) mass is 365 g/mol. The normalized spacial score (nSPS) is 17.1. The Bertz CT molecular complexity index is 340. The highest BCUT2D eigenvalue weighted by Crippen LogP contribution is 2.16. The van der Waals surface area contributed by atoms with Crippen molar-refractivity contribution in [2.75, 3.05) is 6.54 Å². The standard InChI is InChI=1S/C23H47N3/c1-3-5-6-7-8-9-10-11-12-13-14-15-16-17-18-19-20-23-25-22(4-2)21-26(23)24/h22H,3-21,24H2,1-2H3. The fourth-order valence-corrected chi connectivity index (χ4v) is 3.92. The highest BCUT2D eigenvalue weighted by molar-refractivity contribution is 5.83. The zero-order valence-electron chi connectivity index (χ0n) is 18.0. The van der Waals surface area contributed by atoms with E-state index in [9.17, 15) is 0 Å². The van der Waals surface area contributed by atoms with E-state index in [0.717, 1.165) is 25.2 Å². The van der Waals surface area contributed by atoms with Crippen LogP contribution in [0.5, 0.6) is 0 Å². The molecule has 0 bridgehead atoms. The SMILES string of the molecule is CCCCCCCCCCCCCCCCCCC1=NC(CC)CN1N. The molecule has 1 rings (SSSR count). The lowest BCUT2D eigenvalue weighted by Gasteiger charge is -2.13. The molecule has 1 atom stereocenters. The van der Waals surface area contributed by atoms with Crippen LogP contribution in [-0.2, 0) is 0 Å². The Morgan fingerprint density at radius 1 is 0.731 bits per heavy atom. The summed E-state index contributed by atoms with van der Waals surface area (Å²) in [6, 6.07) is 0.441. The first-order chi connectivity index (χ1) is 12.8. The van der Waals surface area contributed by atoms with Gasteiger partial charge in [-0.05, 0) is 12.8 Å². The fraction of sp³-hybridized carbons (Fsp3) is 0.957. The molecular weight excluding hydrogens is 318 g/mol. The molecule has 0 aliphatic carbocycles. The smallest absolute Gasteiger partial charge is 0.113 e. The summed E-state index contributed by atoms with van der Waals surface area (Å²) in [5.41, 5.74) is 0. The number of unbranched alkanes of at least 4 members (excludes halogenated alkanes) is 15. The second-order valence-electron chi connectivity index (χ2n) is 8.31. The molecule has 154 valence electrons. The lowest BCUT2D eigenvalue weighted by molar-refractivity contribution is 0.429. The van der Waals surface area contributed by atoms with Crippen LogP contribution < -0.4 is 5.84 Å². The fourth-order valence-electron chi connectivity index (χ4n) is 3.92. The summed E-state index contributed by atoms with van der Waals surface area (Å²) in [5, 5.41) is 1.87. The van der Waals surface area contributed by atoms with Gasteiger partial charge in [0.25, 0.3) is 0 Å². The Kier molecular flexibility index (Phi) is 15.0. The molecule has 1 heterocycles. The van der Waals surface area contributed by atoms with Gasteiger partial charge in [-0.3, -0.25) is 10.0 Å². The minimum Gasteiger partial charge on any atom is -0.297 e. The summed E-state index contributed by atoms with van der Waals surface area (Å²) in [6.45, 7) is 5.41. The molecule has 0 aromatic carbocycles. The summed E-state index contributed by atoms with van der Waals surface area (Å²) >= 11 is 0. The zero-order valence-corrected chi connectivity index (χ0v) is 18.0. The van der Waals surface area contributed by atoms with Gasteiger partial charge in [0.1, 0.15) is 5.84 Å². The van der Waals surface area contributed by atoms with E-state index in [-0.39, 0.29) is 0 Å². The van der Waals surface area contributed by atoms with Crippen molar-refractivity contribution in [2.45, 2.75) is 135 Å². The zero-order chi connectivity index (χ0) is 18.9. The van der Waals surface area contributed by atoms with E-state index in [1.165, 1.54) is 103 Å². The predicted octanol–water partition coefficient (Wildman–Crippen LogP) is 7.00. The molecule has 2 N–H and O–H groups in total. The van der Waals surface area contributed by atoms with Crippen LogP contribution in [0.25, 0.3) is 0 Å². The first-order valence-electron chi connectivity index (χ1n) is 11.9. The summed E-state index contributed by atoms with van der Waals surface area (Å²) in [5.74, 6) is 7.15. The van der Waals surface area contributed by atoms with Crippen molar-refractivity contribution in [3.8, 4) is 0 Å². The van der Waals surface area contributed by atoms with Crippen molar-refractivity contribution in [2.24, 2.45) is 10.8 Å². The molecule has 0 aromatic rings. The first kappa shape index (κ1) is 23.5. The third-order valence-corrected chi connectivity index (χ3v) is 5.80. The summed E-state index contributed by atoms with van der Waals surface area (Å²) in [7, 11) is 0. The quantitative estimate of drug-likeness (QED) is 0.210. The van der Waals surface area contributed by atoms with Crippen LogP contribution in [0.2, 0.25) is 0 Å². The van der Waals surface area contributed by atoms with Crippen molar-refractivity contribution < 1.29 is 0 Å². The number of hydrazine groups is 1. The Morgan fingerprint density at radius 3 is 1.54 bits per heavy atom. The lowest BCUT2D eigenvalue weighted by atomic mass is 10.0. The second kappa shape index (κ2) is 16.6. The van der Waals surface area contributed by atoms with Gasteiger partial charge in [-0.25, -0.2) is 5.84 Å². The van der Waals surface area contributed by atoms with Gasteiger partial charge in [0.2, 0.25) is 0 Å². The van der Waals surface area contributed by atoms with Gasteiger partial charge in [-0.1, -0.05) is 110 Å². The van der Waals surface area contributed by atoms with Crippen LogP contribution in [0.4, 0.5) is 0 Å². The maximum absolute atomic E-state index is 6.01. The van der Waals surface area contributed by atoms with E-state index in [2.05, 4.69) is 13.8 Å². The Hall–Kier alpha value is -0.570. The number of amidine groups is 1. The van der Waals surface area contributed by atoms with E-state index >= 15 is 0 Å². The van der Waals surface area contributed by atoms with Gasteiger partial charge < -0.3 is 0 Å². The van der Waals surface area contributed by atoms with Gasteiger partial charge in [-0.15, -0.1) is 0 Å². The molecule has 26 heavy (non-hydrogen) atoms. The molecule has 0 radical (unpaired) electrons. The van der Waals surface area contributed by atoms with Crippen LogP contribution in [0.1, 0.15) is 129 Å². The van der Waals surface area contributed by atoms with Gasteiger partial charge in [0, 0.05) is 6.42 Å². The number of rotatable bonds is 18. The van der Waals surface area contributed by atoms with Crippen molar-refractivity contribution in [3.05, 3.63) is 0 Å². The van der Waals surface area contributed by atoms with Crippen molar-refractivity contribution in [1.82, 2.24) is 5.01 Å². The maximum Gasteiger partial charge on any atom is 0.113 e. The molecular formula is C23H47N3. The van der Waals surface area contributed by atoms with Gasteiger partial charge >= 0.3 is 0 Å². The first-order valence-corrected chi connectivity index (χ1v) is 11.9. The molecule has 3 heteroatoms. The predicted molar refractivity (Wildman–Crippen MR) is 117 cm³/mol. The topological polar surface area (TPSA) is 41.6 Å². The molecule has 3 nitrogen and oxygen atoms in total. The third kappa shape index (κ3) is 11.9. The Morgan fingerprint density at radius 2 is 1.15 bits per heavy atom. The summed E-state index contributed by atoms with van der Waals surface area (Å²) < 4.78 is 0. The van der Waals surface area contributed by atoms with E-state index < -0.39 is 0 Å². The Balaban J connectivity index is 1.76. The minimum absolute atomic E-state index is 0.441.